The summed E-state index contributed by atoms with van der Waals surface area (Å²) in [7, 11) is 3.42. The van der Waals surface area contributed by atoms with Crippen LogP contribution in [-0.2, 0) is 7.05 Å². The summed E-state index contributed by atoms with van der Waals surface area (Å²) in [5, 5.41) is 13.3. The fourth-order valence-corrected chi connectivity index (χ4v) is 4.61. The van der Waals surface area contributed by atoms with E-state index in [0.29, 0.717) is 67.8 Å². The molecule has 0 saturated heterocycles. The third-order valence-electron chi connectivity index (χ3n) is 6.41. The summed E-state index contributed by atoms with van der Waals surface area (Å²) < 4.78 is 28.8. The highest BCUT2D eigenvalue weighted by atomic mass is 19.1. The van der Waals surface area contributed by atoms with Crippen molar-refractivity contribution in [2.75, 3.05) is 12.4 Å². The first-order valence-electron chi connectivity index (χ1n) is 11.2. The summed E-state index contributed by atoms with van der Waals surface area (Å²) in [6, 6.07) is 3.85. The number of fused-ring (bicyclic) bond motifs is 3. The predicted molar refractivity (Wildman–Crippen MR) is 126 cm³/mol. The van der Waals surface area contributed by atoms with Gasteiger partial charge in [0.1, 0.15) is 34.6 Å². The van der Waals surface area contributed by atoms with Crippen molar-refractivity contribution in [3.8, 4) is 16.9 Å². The molecule has 0 atom stereocenters. The van der Waals surface area contributed by atoms with Gasteiger partial charge in [0.15, 0.2) is 5.82 Å². The molecule has 0 bridgehead atoms. The minimum absolute atomic E-state index is 0.303. The van der Waals surface area contributed by atoms with Gasteiger partial charge in [0.05, 0.1) is 40.5 Å². The number of aryl methyl sites for hydroxylation is 4. The van der Waals surface area contributed by atoms with E-state index in [0.717, 1.165) is 11.5 Å². The lowest BCUT2D eigenvalue weighted by atomic mass is 10.00. The van der Waals surface area contributed by atoms with E-state index in [1.54, 1.807) is 26.8 Å². The number of halogens is 1. The molecule has 0 amide bonds. The van der Waals surface area contributed by atoms with Crippen molar-refractivity contribution in [2.45, 2.75) is 39.5 Å². The number of H-pyrrole nitrogens is 1. The molecule has 10 heteroatoms. The van der Waals surface area contributed by atoms with Gasteiger partial charge < -0.3 is 19.6 Å². The van der Waals surface area contributed by atoms with E-state index < -0.39 is 5.82 Å². The van der Waals surface area contributed by atoms with Crippen LogP contribution in [0, 0.1) is 26.6 Å². The molecule has 5 aromatic rings. The second-order valence-electron chi connectivity index (χ2n) is 8.83. The Bertz CT molecular complexity index is 1570. The molecule has 0 unspecified atom stereocenters. The molecule has 174 valence electrons. The Morgan fingerprint density at radius 2 is 1.97 bits per heavy atom. The number of rotatable bonds is 5. The molecule has 9 nitrogen and oxygen atoms in total. The molecule has 1 saturated carbocycles. The summed E-state index contributed by atoms with van der Waals surface area (Å²) in [6.45, 7) is 5.34. The number of hydrogen-bond donors (Lipinski definition) is 2. The Kier molecular flexibility index (Phi) is 4.42. The number of benzene rings is 1. The third-order valence-corrected chi connectivity index (χ3v) is 6.41. The number of nitrogens with one attached hydrogen (secondary N) is 2. The molecule has 0 aliphatic heterocycles. The first-order chi connectivity index (χ1) is 16.4. The van der Waals surface area contributed by atoms with Gasteiger partial charge in [-0.2, -0.15) is 5.10 Å². The third kappa shape index (κ3) is 3.05. The Labute approximate surface area is 194 Å². The highest BCUT2D eigenvalue weighted by Gasteiger charge is 2.28. The van der Waals surface area contributed by atoms with Crippen LogP contribution in [0.5, 0.6) is 5.75 Å². The van der Waals surface area contributed by atoms with Crippen LogP contribution in [0.25, 0.3) is 33.1 Å². The highest BCUT2D eigenvalue weighted by molar-refractivity contribution is 6.13. The average Bonchev–Trinajstić information content (AvgIpc) is 3.39. The Morgan fingerprint density at radius 1 is 1.18 bits per heavy atom. The summed E-state index contributed by atoms with van der Waals surface area (Å²) in [6.07, 6.45) is 2.34. The molecule has 6 rings (SSSR count). The predicted octanol–water partition coefficient (Wildman–Crippen LogP) is 5.19. The van der Waals surface area contributed by atoms with Gasteiger partial charge in [0.25, 0.3) is 0 Å². The first kappa shape index (κ1) is 20.6. The van der Waals surface area contributed by atoms with Crippen molar-refractivity contribution < 1.29 is 13.7 Å². The van der Waals surface area contributed by atoms with Crippen molar-refractivity contribution >= 4 is 33.6 Å². The average molecular weight is 462 g/mol. The van der Waals surface area contributed by atoms with E-state index in [4.69, 9.17) is 9.26 Å². The lowest BCUT2D eigenvalue weighted by Crippen LogP contribution is -2.03. The molecule has 4 aromatic heterocycles. The van der Waals surface area contributed by atoms with Gasteiger partial charge in [-0.15, -0.1) is 0 Å². The molecular formula is C24H24FN7O2. The van der Waals surface area contributed by atoms with Gasteiger partial charge in [-0.25, -0.2) is 14.4 Å². The smallest absolute Gasteiger partial charge is 0.159 e. The largest absolute Gasteiger partial charge is 0.496 e. The standard InChI is InChI=1S/C24H24FN7O2/c1-10-18(11(2)34-31-10)20-16(33-5)8-14-19-23(26-12(3)27-24(19)29-22(14)21(20)25)28-17-9-15(13-6-7-13)30-32(17)4/h8-9,13H,6-7H2,1-5H3,(H2,26,27,28,29). The van der Waals surface area contributed by atoms with Gasteiger partial charge in [0.2, 0.25) is 0 Å². The van der Waals surface area contributed by atoms with Gasteiger partial charge in [0, 0.05) is 24.4 Å². The number of nitrogens with zero attached hydrogens (tertiary/aromatic N) is 5. The molecule has 2 N–H and O–H groups in total. The van der Waals surface area contributed by atoms with Gasteiger partial charge in [-0.05, 0) is 39.7 Å². The zero-order chi connectivity index (χ0) is 23.7. The van der Waals surface area contributed by atoms with Crippen molar-refractivity contribution in [2.24, 2.45) is 7.05 Å². The van der Waals surface area contributed by atoms with E-state index in [-0.39, 0.29) is 0 Å². The number of aromatic nitrogens is 6. The Balaban J connectivity index is 1.58. The van der Waals surface area contributed by atoms with Crippen molar-refractivity contribution in [1.82, 2.24) is 29.9 Å². The van der Waals surface area contributed by atoms with Crippen LogP contribution in [0.1, 0.15) is 41.7 Å². The van der Waals surface area contributed by atoms with Crippen molar-refractivity contribution in [3.63, 3.8) is 0 Å². The minimum atomic E-state index is -0.457. The number of anilines is 2. The molecule has 34 heavy (non-hydrogen) atoms. The zero-order valence-electron chi connectivity index (χ0n) is 19.6. The lowest BCUT2D eigenvalue weighted by molar-refractivity contribution is 0.393. The molecule has 4 heterocycles. The van der Waals surface area contributed by atoms with Crippen molar-refractivity contribution in [3.05, 3.63) is 40.9 Å². The molecule has 1 aliphatic rings. The number of ether oxygens (including phenoxy) is 1. The SMILES string of the molecule is COc1cc2c([nH]c3nc(C)nc(Nc4cc(C5CC5)nn4C)c32)c(F)c1-c1c(C)noc1C. The topological polar surface area (TPSA) is 107 Å². The van der Waals surface area contributed by atoms with Crippen LogP contribution in [-0.4, -0.2) is 37.0 Å². The van der Waals surface area contributed by atoms with Crippen molar-refractivity contribution in [1.29, 1.82) is 0 Å². The van der Waals surface area contributed by atoms with E-state index in [1.165, 1.54) is 20.0 Å². The maximum absolute atomic E-state index is 16.0. The van der Waals surface area contributed by atoms with Gasteiger partial charge in [-0.1, -0.05) is 5.16 Å². The maximum Gasteiger partial charge on any atom is 0.159 e. The van der Waals surface area contributed by atoms with Gasteiger partial charge in [-0.3, -0.25) is 4.68 Å². The molecule has 0 radical (unpaired) electrons. The summed E-state index contributed by atoms with van der Waals surface area (Å²) in [5.41, 5.74) is 3.40. The van der Waals surface area contributed by atoms with Crippen LogP contribution in [0.4, 0.5) is 16.0 Å². The maximum atomic E-state index is 16.0. The fourth-order valence-electron chi connectivity index (χ4n) is 4.61. The molecule has 1 aromatic carbocycles. The quantitative estimate of drug-likeness (QED) is 0.371. The number of hydrogen-bond acceptors (Lipinski definition) is 7. The molecule has 1 fully saturated rings. The van der Waals surface area contributed by atoms with Crippen LogP contribution in [0.3, 0.4) is 0 Å². The highest BCUT2D eigenvalue weighted by Crippen LogP contribution is 2.44. The normalized spacial score (nSPS) is 13.8. The second-order valence-corrected chi connectivity index (χ2v) is 8.83. The lowest BCUT2D eigenvalue weighted by Gasteiger charge is -2.11. The summed E-state index contributed by atoms with van der Waals surface area (Å²) in [4.78, 5) is 12.3. The zero-order valence-corrected chi connectivity index (χ0v) is 19.6. The molecule has 0 spiro atoms. The van der Waals surface area contributed by atoms with Crippen LogP contribution in [0.2, 0.25) is 0 Å². The van der Waals surface area contributed by atoms with Crippen LogP contribution < -0.4 is 10.1 Å². The summed E-state index contributed by atoms with van der Waals surface area (Å²) >= 11 is 0. The monoisotopic (exact) mass is 461 g/mol. The van der Waals surface area contributed by atoms with E-state index >= 15 is 4.39 Å². The second kappa shape index (κ2) is 7.28. The van der Waals surface area contributed by atoms with E-state index in [2.05, 4.69) is 30.5 Å². The number of methoxy groups -OCH3 is 1. The van der Waals surface area contributed by atoms with E-state index in [1.807, 2.05) is 17.8 Å². The van der Waals surface area contributed by atoms with Crippen LogP contribution >= 0.6 is 0 Å². The first-order valence-corrected chi connectivity index (χ1v) is 11.2. The number of aromatic amines is 1. The van der Waals surface area contributed by atoms with Gasteiger partial charge >= 0.3 is 0 Å². The van der Waals surface area contributed by atoms with E-state index in [9.17, 15) is 0 Å². The summed E-state index contributed by atoms with van der Waals surface area (Å²) in [5.74, 6) is 2.92. The molecular weight excluding hydrogens is 437 g/mol. The minimum Gasteiger partial charge on any atom is -0.496 e. The van der Waals surface area contributed by atoms with Crippen LogP contribution in [0.15, 0.2) is 16.7 Å². The Morgan fingerprint density at radius 3 is 2.65 bits per heavy atom. The fraction of sp³-hybridized carbons (Fsp3) is 0.333. The Hall–Kier alpha value is -3.95. The molecule has 1 aliphatic carbocycles.